The lowest BCUT2D eigenvalue weighted by Gasteiger charge is -2.18. The summed E-state index contributed by atoms with van der Waals surface area (Å²) in [5, 5.41) is 9.70. The van der Waals surface area contributed by atoms with Gasteiger partial charge in [0.05, 0.1) is 12.7 Å². The number of methoxy groups -OCH3 is 1. The maximum Gasteiger partial charge on any atom is 0.215 e. The monoisotopic (exact) mass is 181 g/mol. The minimum atomic E-state index is -0.843. The smallest absolute Gasteiger partial charge is 0.215 e. The van der Waals surface area contributed by atoms with Gasteiger partial charge in [0.25, 0.3) is 0 Å². The van der Waals surface area contributed by atoms with E-state index < -0.39 is 5.60 Å². The van der Waals surface area contributed by atoms with E-state index in [0.717, 1.165) is 11.1 Å². The Kier molecular flexibility index (Phi) is 2.57. The van der Waals surface area contributed by atoms with E-state index in [4.69, 9.17) is 4.74 Å². The van der Waals surface area contributed by atoms with E-state index in [9.17, 15) is 5.11 Å². The topological polar surface area (TPSA) is 42.4 Å². The third-order valence-corrected chi connectivity index (χ3v) is 1.93. The minimum absolute atomic E-state index is 0.605. The van der Waals surface area contributed by atoms with Crippen LogP contribution in [0.2, 0.25) is 0 Å². The second kappa shape index (κ2) is 3.34. The van der Waals surface area contributed by atoms with Crippen LogP contribution in [0.25, 0.3) is 0 Å². The number of rotatable bonds is 2. The Balaban J connectivity index is 3.10. The summed E-state index contributed by atoms with van der Waals surface area (Å²) in [6.45, 7) is 5.37. The summed E-state index contributed by atoms with van der Waals surface area (Å²) in [6.07, 6.45) is 1.63. The quantitative estimate of drug-likeness (QED) is 0.754. The molecule has 1 heterocycles. The Morgan fingerprint density at radius 1 is 1.46 bits per heavy atom. The molecule has 0 atom stereocenters. The van der Waals surface area contributed by atoms with Crippen molar-refractivity contribution < 1.29 is 9.84 Å². The van der Waals surface area contributed by atoms with Gasteiger partial charge in [0, 0.05) is 17.3 Å². The number of hydrogen-bond donors (Lipinski definition) is 1. The third kappa shape index (κ3) is 2.18. The van der Waals surface area contributed by atoms with Gasteiger partial charge in [-0.25, -0.2) is 4.98 Å². The van der Waals surface area contributed by atoms with Crippen LogP contribution in [0, 0.1) is 6.92 Å². The van der Waals surface area contributed by atoms with E-state index in [1.165, 1.54) is 0 Å². The van der Waals surface area contributed by atoms with Crippen LogP contribution in [0.4, 0.5) is 0 Å². The molecule has 0 radical (unpaired) electrons. The fourth-order valence-electron chi connectivity index (χ4n) is 1.11. The number of pyridine rings is 1. The van der Waals surface area contributed by atoms with Crippen LogP contribution in [0.1, 0.15) is 25.0 Å². The molecule has 0 bridgehead atoms. The Bertz CT molecular complexity index is 302. The van der Waals surface area contributed by atoms with Crippen molar-refractivity contribution in [1.29, 1.82) is 0 Å². The summed E-state index contributed by atoms with van der Waals surface area (Å²) in [4.78, 5) is 4.08. The van der Waals surface area contributed by atoms with Crippen LogP contribution in [0.3, 0.4) is 0 Å². The zero-order chi connectivity index (χ0) is 10.1. The molecule has 1 rings (SSSR count). The predicted octanol–water partition coefficient (Wildman–Crippen LogP) is 1.63. The molecule has 0 spiro atoms. The highest BCUT2D eigenvalue weighted by Gasteiger charge is 2.17. The van der Waals surface area contributed by atoms with Crippen molar-refractivity contribution in [3.05, 3.63) is 23.4 Å². The van der Waals surface area contributed by atoms with Gasteiger partial charge in [-0.3, -0.25) is 0 Å². The van der Waals surface area contributed by atoms with Crippen molar-refractivity contribution in [2.24, 2.45) is 0 Å². The van der Waals surface area contributed by atoms with Crippen LogP contribution < -0.4 is 4.74 Å². The standard InChI is InChI=1S/C10H15NO2/c1-7-5-8(10(2,3)12)6-11-9(7)13-4/h5-6,12H,1-4H3. The van der Waals surface area contributed by atoms with Gasteiger partial charge in [0.15, 0.2) is 0 Å². The molecule has 0 saturated heterocycles. The summed E-state index contributed by atoms with van der Waals surface area (Å²) in [5.74, 6) is 0.605. The highest BCUT2D eigenvalue weighted by Crippen LogP contribution is 2.23. The molecule has 3 nitrogen and oxygen atoms in total. The van der Waals surface area contributed by atoms with E-state index in [0.29, 0.717) is 5.88 Å². The molecule has 3 heteroatoms. The van der Waals surface area contributed by atoms with E-state index in [1.54, 1.807) is 27.2 Å². The average molecular weight is 181 g/mol. The van der Waals surface area contributed by atoms with Crippen LogP contribution in [-0.2, 0) is 5.60 Å². The van der Waals surface area contributed by atoms with E-state index >= 15 is 0 Å². The molecule has 0 fully saturated rings. The molecule has 13 heavy (non-hydrogen) atoms. The molecular formula is C10H15NO2. The molecule has 0 aliphatic carbocycles. The first kappa shape index (κ1) is 9.99. The Labute approximate surface area is 78.4 Å². The molecule has 1 N–H and O–H groups in total. The van der Waals surface area contributed by atoms with Crippen molar-refractivity contribution in [1.82, 2.24) is 4.98 Å². The first-order chi connectivity index (χ1) is 5.95. The van der Waals surface area contributed by atoms with Gasteiger partial charge in [-0.2, -0.15) is 0 Å². The zero-order valence-electron chi connectivity index (χ0n) is 8.46. The summed E-state index contributed by atoms with van der Waals surface area (Å²) in [5.41, 5.74) is 0.886. The second-order valence-corrected chi connectivity index (χ2v) is 3.61. The number of nitrogens with zero attached hydrogens (tertiary/aromatic N) is 1. The van der Waals surface area contributed by atoms with Crippen LogP contribution in [0.15, 0.2) is 12.3 Å². The lowest BCUT2D eigenvalue weighted by molar-refractivity contribution is 0.0780. The average Bonchev–Trinajstić information content (AvgIpc) is 2.02. The van der Waals surface area contributed by atoms with Crippen molar-refractivity contribution in [3.63, 3.8) is 0 Å². The van der Waals surface area contributed by atoms with Gasteiger partial charge in [0.2, 0.25) is 5.88 Å². The number of ether oxygens (including phenoxy) is 1. The number of aliphatic hydroxyl groups is 1. The first-order valence-electron chi connectivity index (χ1n) is 4.18. The van der Waals surface area contributed by atoms with Gasteiger partial charge in [-0.1, -0.05) is 0 Å². The molecule has 0 aliphatic heterocycles. The molecule has 1 aromatic heterocycles. The molecule has 72 valence electrons. The molecule has 0 saturated carbocycles. The van der Waals surface area contributed by atoms with Crippen molar-refractivity contribution >= 4 is 0 Å². The highest BCUT2D eigenvalue weighted by atomic mass is 16.5. The van der Waals surface area contributed by atoms with Gasteiger partial charge < -0.3 is 9.84 Å². The van der Waals surface area contributed by atoms with E-state index in [-0.39, 0.29) is 0 Å². The molecule has 1 aromatic rings. The first-order valence-corrected chi connectivity index (χ1v) is 4.18. The number of hydrogen-bond acceptors (Lipinski definition) is 3. The zero-order valence-corrected chi connectivity index (χ0v) is 8.46. The van der Waals surface area contributed by atoms with Crippen molar-refractivity contribution in [2.75, 3.05) is 7.11 Å². The molecule has 0 aliphatic rings. The van der Waals surface area contributed by atoms with Gasteiger partial charge >= 0.3 is 0 Å². The lowest BCUT2D eigenvalue weighted by Crippen LogP contribution is -2.16. The summed E-state index contributed by atoms with van der Waals surface area (Å²) in [7, 11) is 1.58. The van der Waals surface area contributed by atoms with Gasteiger partial charge in [-0.05, 0) is 26.8 Å². The minimum Gasteiger partial charge on any atom is -0.481 e. The normalized spacial score (nSPS) is 11.5. The maximum absolute atomic E-state index is 9.70. The number of aromatic nitrogens is 1. The third-order valence-electron chi connectivity index (χ3n) is 1.93. The highest BCUT2D eigenvalue weighted by molar-refractivity contribution is 5.30. The van der Waals surface area contributed by atoms with Gasteiger partial charge in [-0.15, -0.1) is 0 Å². The SMILES string of the molecule is COc1ncc(C(C)(C)O)cc1C. The molecule has 0 unspecified atom stereocenters. The summed E-state index contributed by atoms with van der Waals surface area (Å²) in [6, 6.07) is 1.88. The van der Waals surface area contributed by atoms with Crippen LogP contribution >= 0.6 is 0 Å². The summed E-state index contributed by atoms with van der Waals surface area (Å²) >= 11 is 0. The fourth-order valence-corrected chi connectivity index (χ4v) is 1.11. The molecule has 0 amide bonds. The van der Waals surface area contributed by atoms with Crippen molar-refractivity contribution in [3.8, 4) is 5.88 Å². The summed E-state index contributed by atoms with van der Waals surface area (Å²) < 4.78 is 5.02. The molecule has 0 aromatic carbocycles. The number of aryl methyl sites for hydroxylation is 1. The maximum atomic E-state index is 9.70. The van der Waals surface area contributed by atoms with Crippen LogP contribution in [0.5, 0.6) is 5.88 Å². The second-order valence-electron chi connectivity index (χ2n) is 3.61. The van der Waals surface area contributed by atoms with E-state index in [2.05, 4.69) is 4.98 Å². The van der Waals surface area contributed by atoms with E-state index in [1.807, 2.05) is 13.0 Å². The van der Waals surface area contributed by atoms with Crippen LogP contribution in [-0.4, -0.2) is 17.2 Å². The van der Waals surface area contributed by atoms with Gasteiger partial charge in [0.1, 0.15) is 0 Å². The van der Waals surface area contributed by atoms with Crippen molar-refractivity contribution in [2.45, 2.75) is 26.4 Å². The lowest BCUT2D eigenvalue weighted by atomic mass is 9.99. The predicted molar refractivity (Wildman–Crippen MR) is 50.8 cm³/mol. The fraction of sp³-hybridized carbons (Fsp3) is 0.500. The Morgan fingerprint density at radius 3 is 2.46 bits per heavy atom. The molecular weight excluding hydrogens is 166 g/mol. The Morgan fingerprint density at radius 2 is 2.08 bits per heavy atom. The largest absolute Gasteiger partial charge is 0.481 e. The Hall–Kier alpha value is -1.09.